The van der Waals surface area contributed by atoms with Gasteiger partial charge in [-0.15, -0.1) is 11.3 Å². The summed E-state index contributed by atoms with van der Waals surface area (Å²) in [6.07, 6.45) is 2.57. The summed E-state index contributed by atoms with van der Waals surface area (Å²) in [6.45, 7) is 0. The van der Waals surface area contributed by atoms with Crippen molar-refractivity contribution in [2.24, 2.45) is 0 Å². The van der Waals surface area contributed by atoms with Crippen LogP contribution in [0.4, 0.5) is 5.00 Å². The summed E-state index contributed by atoms with van der Waals surface area (Å²) in [5, 5.41) is 13.1. The highest BCUT2D eigenvalue weighted by Gasteiger charge is 2.27. The molecule has 1 heterocycles. The monoisotopic (exact) mass is 355 g/mol. The average Bonchev–Trinajstić information content (AvgIpc) is 3.01. The van der Waals surface area contributed by atoms with E-state index in [1.165, 1.54) is 23.5 Å². The molecule has 2 N–H and O–H groups in total. The van der Waals surface area contributed by atoms with E-state index < -0.39 is 11.9 Å². The maximum Gasteiger partial charge on any atom is 0.339 e. The first kappa shape index (κ1) is 15.3. The van der Waals surface area contributed by atoms with Crippen LogP contribution in [0.2, 0.25) is 10.0 Å². The van der Waals surface area contributed by atoms with Crippen LogP contribution in [0.5, 0.6) is 0 Å². The van der Waals surface area contributed by atoms with Gasteiger partial charge >= 0.3 is 5.97 Å². The van der Waals surface area contributed by atoms with Gasteiger partial charge in [-0.1, -0.05) is 23.2 Å². The maximum atomic E-state index is 12.3. The summed E-state index contributed by atoms with van der Waals surface area (Å²) >= 11 is 13.1. The van der Waals surface area contributed by atoms with Crippen molar-refractivity contribution < 1.29 is 14.7 Å². The highest BCUT2D eigenvalue weighted by Crippen LogP contribution is 2.39. The number of thiophene rings is 1. The van der Waals surface area contributed by atoms with Crippen LogP contribution in [-0.4, -0.2) is 17.0 Å². The molecule has 0 saturated heterocycles. The molecule has 0 radical (unpaired) electrons. The Balaban J connectivity index is 1.91. The molecular formula is C15H11Cl2NO3S. The van der Waals surface area contributed by atoms with Crippen LogP contribution in [0.1, 0.15) is 37.6 Å². The minimum atomic E-state index is -1.01. The highest BCUT2D eigenvalue weighted by atomic mass is 35.5. The van der Waals surface area contributed by atoms with E-state index >= 15 is 0 Å². The molecule has 1 aliphatic rings. The molecule has 114 valence electrons. The minimum Gasteiger partial charge on any atom is -0.478 e. The number of hydrogen-bond donors (Lipinski definition) is 2. The first-order chi connectivity index (χ1) is 10.5. The molecule has 4 nitrogen and oxygen atoms in total. The summed E-state index contributed by atoms with van der Waals surface area (Å²) in [5.74, 6) is -1.41. The molecule has 0 bridgehead atoms. The summed E-state index contributed by atoms with van der Waals surface area (Å²) in [6, 6.07) is 4.54. The number of carbonyl (C=O) groups excluding carboxylic acids is 1. The van der Waals surface area contributed by atoms with E-state index in [2.05, 4.69) is 5.32 Å². The number of halogens is 2. The summed E-state index contributed by atoms with van der Waals surface area (Å²) in [7, 11) is 0. The van der Waals surface area contributed by atoms with Gasteiger partial charge in [-0.05, 0) is 43.0 Å². The summed E-state index contributed by atoms with van der Waals surface area (Å²) in [4.78, 5) is 24.8. The van der Waals surface area contributed by atoms with Crippen molar-refractivity contribution >= 4 is 51.4 Å². The van der Waals surface area contributed by atoms with Crippen LogP contribution in [0.3, 0.4) is 0 Å². The number of nitrogens with one attached hydrogen (secondary N) is 1. The SMILES string of the molecule is O=C(Nc1sc2c(c1C(=O)O)CCC2)c1ccc(Cl)c(Cl)c1. The lowest BCUT2D eigenvalue weighted by atomic mass is 10.1. The number of carboxylic acids is 1. The maximum absolute atomic E-state index is 12.3. The van der Waals surface area contributed by atoms with Gasteiger partial charge in [0.15, 0.2) is 0 Å². The van der Waals surface area contributed by atoms with Crippen molar-refractivity contribution in [2.75, 3.05) is 5.32 Å². The first-order valence-electron chi connectivity index (χ1n) is 6.61. The zero-order valence-corrected chi connectivity index (χ0v) is 13.6. The van der Waals surface area contributed by atoms with Crippen molar-refractivity contribution in [3.63, 3.8) is 0 Å². The molecule has 2 aromatic rings. The van der Waals surface area contributed by atoms with Crippen LogP contribution in [0.15, 0.2) is 18.2 Å². The Morgan fingerprint density at radius 2 is 1.95 bits per heavy atom. The molecule has 22 heavy (non-hydrogen) atoms. The number of amides is 1. The first-order valence-corrected chi connectivity index (χ1v) is 8.19. The Morgan fingerprint density at radius 3 is 2.64 bits per heavy atom. The van der Waals surface area contributed by atoms with E-state index in [0.717, 1.165) is 29.7 Å². The number of aryl methyl sites for hydroxylation is 1. The third-order valence-electron chi connectivity index (χ3n) is 3.54. The fourth-order valence-corrected chi connectivity index (χ4v) is 4.11. The Hall–Kier alpha value is -1.56. The highest BCUT2D eigenvalue weighted by molar-refractivity contribution is 7.17. The number of aromatic carboxylic acids is 1. The van der Waals surface area contributed by atoms with Crippen molar-refractivity contribution in [3.8, 4) is 0 Å². The molecule has 1 amide bonds. The van der Waals surface area contributed by atoms with Gasteiger partial charge in [-0.25, -0.2) is 4.79 Å². The zero-order valence-electron chi connectivity index (χ0n) is 11.3. The quantitative estimate of drug-likeness (QED) is 0.851. The Labute approximate surface area is 140 Å². The van der Waals surface area contributed by atoms with Crippen molar-refractivity contribution in [1.29, 1.82) is 0 Å². The van der Waals surface area contributed by atoms with Gasteiger partial charge in [0, 0.05) is 10.4 Å². The molecule has 1 aromatic heterocycles. The average molecular weight is 356 g/mol. The number of hydrogen-bond acceptors (Lipinski definition) is 3. The van der Waals surface area contributed by atoms with Gasteiger partial charge in [0.1, 0.15) is 5.00 Å². The molecule has 1 aromatic carbocycles. The van der Waals surface area contributed by atoms with Crippen molar-refractivity contribution in [2.45, 2.75) is 19.3 Å². The van der Waals surface area contributed by atoms with Gasteiger partial charge in [-0.2, -0.15) is 0 Å². The predicted molar refractivity (Wildman–Crippen MR) is 87.7 cm³/mol. The van der Waals surface area contributed by atoms with Gasteiger partial charge in [-0.3, -0.25) is 4.79 Å². The number of rotatable bonds is 3. The molecule has 3 rings (SSSR count). The molecule has 1 aliphatic carbocycles. The normalized spacial score (nSPS) is 13.0. The zero-order chi connectivity index (χ0) is 15.9. The van der Waals surface area contributed by atoms with Crippen molar-refractivity contribution in [3.05, 3.63) is 49.8 Å². The van der Waals surface area contributed by atoms with E-state index in [-0.39, 0.29) is 10.6 Å². The van der Waals surface area contributed by atoms with Gasteiger partial charge < -0.3 is 10.4 Å². The van der Waals surface area contributed by atoms with E-state index in [0.29, 0.717) is 15.6 Å². The Morgan fingerprint density at radius 1 is 1.18 bits per heavy atom. The van der Waals surface area contributed by atoms with Gasteiger partial charge in [0.2, 0.25) is 0 Å². The van der Waals surface area contributed by atoms with Crippen LogP contribution in [-0.2, 0) is 12.8 Å². The molecule has 0 spiro atoms. The Bertz CT molecular complexity index is 785. The molecular weight excluding hydrogens is 345 g/mol. The molecule has 0 aliphatic heterocycles. The second kappa shape index (κ2) is 5.91. The topological polar surface area (TPSA) is 66.4 Å². The smallest absolute Gasteiger partial charge is 0.339 e. The third-order valence-corrected chi connectivity index (χ3v) is 5.49. The standard InChI is InChI=1S/C15H11Cl2NO3S/c16-9-5-4-7(6-10(9)17)13(19)18-14-12(15(20)21)8-2-1-3-11(8)22-14/h4-6H,1-3H2,(H,18,19)(H,20,21). The predicted octanol–water partition coefficient (Wildman–Crippen LogP) is 4.49. The lowest BCUT2D eigenvalue weighted by Crippen LogP contribution is -2.13. The molecule has 0 fully saturated rings. The summed E-state index contributed by atoms with van der Waals surface area (Å²) < 4.78 is 0. The van der Waals surface area contributed by atoms with E-state index in [4.69, 9.17) is 23.2 Å². The second-order valence-corrected chi connectivity index (χ2v) is 6.87. The Kier molecular flexibility index (Phi) is 4.12. The van der Waals surface area contributed by atoms with E-state index in [9.17, 15) is 14.7 Å². The minimum absolute atomic E-state index is 0.214. The fraction of sp³-hybridized carbons (Fsp3) is 0.200. The number of fused-ring (bicyclic) bond motifs is 1. The van der Waals surface area contributed by atoms with E-state index in [1.807, 2.05) is 0 Å². The van der Waals surface area contributed by atoms with Crippen LogP contribution >= 0.6 is 34.5 Å². The fourth-order valence-electron chi connectivity index (χ4n) is 2.53. The van der Waals surface area contributed by atoms with Crippen molar-refractivity contribution in [1.82, 2.24) is 0 Å². The second-order valence-electron chi connectivity index (χ2n) is 4.95. The summed E-state index contributed by atoms with van der Waals surface area (Å²) in [5.41, 5.74) is 1.40. The molecule has 0 atom stereocenters. The number of carbonyl (C=O) groups is 2. The molecule has 7 heteroatoms. The van der Waals surface area contributed by atoms with Gasteiger partial charge in [0.05, 0.1) is 15.6 Å². The molecule has 0 saturated carbocycles. The van der Waals surface area contributed by atoms with Gasteiger partial charge in [0.25, 0.3) is 5.91 Å². The number of benzene rings is 1. The van der Waals surface area contributed by atoms with Crippen LogP contribution in [0.25, 0.3) is 0 Å². The lowest BCUT2D eigenvalue weighted by molar-refractivity contribution is 0.0697. The largest absolute Gasteiger partial charge is 0.478 e. The lowest BCUT2D eigenvalue weighted by Gasteiger charge is -2.06. The number of anilines is 1. The third kappa shape index (κ3) is 2.72. The van der Waals surface area contributed by atoms with E-state index in [1.54, 1.807) is 6.07 Å². The van der Waals surface area contributed by atoms with Crippen LogP contribution in [0, 0.1) is 0 Å². The number of carboxylic acid groups (broad SMARTS) is 1. The molecule has 0 unspecified atom stereocenters. The van der Waals surface area contributed by atoms with Crippen LogP contribution < -0.4 is 5.32 Å².